The van der Waals surface area contributed by atoms with Crippen LogP contribution in [0.15, 0.2) is 22.8 Å². The summed E-state index contributed by atoms with van der Waals surface area (Å²) in [5, 5.41) is 0.306. The zero-order valence-electron chi connectivity index (χ0n) is 14.4. The Labute approximate surface area is 141 Å². The molecule has 1 unspecified atom stereocenters. The Hall–Kier alpha value is 0.371. The van der Waals surface area contributed by atoms with Crippen molar-refractivity contribution < 1.29 is 21.7 Å². The topological polar surface area (TPSA) is 12.0 Å². The standard InChI is InChI=1S/C17H31NSi.Ti/c1-13-12-17(5,15-11-9-8-10-14(13)15)19(6,7)18-16(2,3)4;/h12,18H,8-11H2,1-7H3;. The molecular weight excluding hydrogens is 294 g/mol. The summed E-state index contributed by atoms with van der Waals surface area (Å²) in [5.74, 6) is 0. The summed E-state index contributed by atoms with van der Waals surface area (Å²) < 4.78 is 0. The fourth-order valence-corrected chi connectivity index (χ4v) is 7.89. The second-order valence-electron chi connectivity index (χ2n) is 8.19. The summed E-state index contributed by atoms with van der Waals surface area (Å²) in [6.45, 7) is 16.7. The quantitative estimate of drug-likeness (QED) is 0.691. The van der Waals surface area contributed by atoms with Crippen molar-refractivity contribution in [2.45, 2.75) is 84.0 Å². The molecule has 0 radical (unpaired) electrons. The third-order valence-electron chi connectivity index (χ3n) is 5.06. The van der Waals surface area contributed by atoms with Crippen molar-refractivity contribution in [3.8, 4) is 0 Å². The first-order chi connectivity index (χ1) is 8.57. The molecular formula is C17H31NSiTi. The first kappa shape index (κ1) is 18.4. The van der Waals surface area contributed by atoms with E-state index in [4.69, 9.17) is 0 Å². The van der Waals surface area contributed by atoms with Crippen LogP contribution < -0.4 is 4.98 Å². The Morgan fingerprint density at radius 3 is 2.25 bits per heavy atom. The van der Waals surface area contributed by atoms with Gasteiger partial charge in [0.1, 0.15) is 8.24 Å². The molecule has 1 atom stereocenters. The molecule has 20 heavy (non-hydrogen) atoms. The predicted octanol–water partition coefficient (Wildman–Crippen LogP) is 5.17. The Morgan fingerprint density at radius 1 is 1.15 bits per heavy atom. The molecule has 0 spiro atoms. The Kier molecular flexibility index (Phi) is 5.41. The molecule has 3 heteroatoms. The second kappa shape index (κ2) is 5.87. The average molecular weight is 325 g/mol. The van der Waals surface area contributed by atoms with E-state index in [1.165, 1.54) is 25.7 Å². The summed E-state index contributed by atoms with van der Waals surface area (Å²) in [5.41, 5.74) is 5.24. The van der Waals surface area contributed by atoms with Crippen LogP contribution in [0.4, 0.5) is 0 Å². The van der Waals surface area contributed by atoms with E-state index in [1.54, 1.807) is 16.7 Å². The fourth-order valence-electron chi connectivity index (χ4n) is 4.15. The van der Waals surface area contributed by atoms with Gasteiger partial charge < -0.3 is 4.98 Å². The van der Waals surface area contributed by atoms with E-state index >= 15 is 0 Å². The monoisotopic (exact) mass is 325 g/mol. The molecule has 0 aliphatic heterocycles. The van der Waals surface area contributed by atoms with Crippen molar-refractivity contribution in [3.05, 3.63) is 22.8 Å². The molecule has 112 valence electrons. The summed E-state index contributed by atoms with van der Waals surface area (Å²) in [4.78, 5) is 3.99. The third-order valence-corrected chi connectivity index (χ3v) is 9.48. The number of hydrogen-bond acceptors (Lipinski definition) is 1. The summed E-state index contributed by atoms with van der Waals surface area (Å²) in [6, 6.07) is 0. The van der Waals surface area contributed by atoms with Crippen molar-refractivity contribution in [1.82, 2.24) is 4.98 Å². The van der Waals surface area contributed by atoms with Gasteiger partial charge in [-0.05, 0) is 59.0 Å². The van der Waals surface area contributed by atoms with Crippen LogP contribution in [0.25, 0.3) is 0 Å². The zero-order chi connectivity index (χ0) is 14.5. The van der Waals surface area contributed by atoms with Gasteiger partial charge in [-0.25, -0.2) is 0 Å². The molecule has 0 saturated heterocycles. The van der Waals surface area contributed by atoms with E-state index in [2.05, 4.69) is 58.8 Å². The van der Waals surface area contributed by atoms with Gasteiger partial charge in [-0.2, -0.15) is 0 Å². The molecule has 1 N–H and O–H groups in total. The fraction of sp³-hybridized carbons (Fsp3) is 0.765. The minimum Gasteiger partial charge on any atom is -0.332 e. The number of hydrogen-bond donors (Lipinski definition) is 1. The number of rotatable bonds is 2. The van der Waals surface area contributed by atoms with Crippen LogP contribution in [-0.2, 0) is 21.7 Å². The molecule has 0 aromatic carbocycles. The third kappa shape index (κ3) is 3.24. The van der Waals surface area contributed by atoms with Crippen molar-refractivity contribution in [1.29, 1.82) is 0 Å². The van der Waals surface area contributed by atoms with E-state index < -0.39 is 8.24 Å². The van der Waals surface area contributed by atoms with Gasteiger partial charge in [-0.3, -0.25) is 0 Å². The summed E-state index contributed by atoms with van der Waals surface area (Å²) in [6.07, 6.45) is 7.99. The van der Waals surface area contributed by atoms with E-state index in [0.717, 1.165) is 0 Å². The summed E-state index contributed by atoms with van der Waals surface area (Å²) >= 11 is 0. The van der Waals surface area contributed by atoms with Crippen LogP contribution in [0.5, 0.6) is 0 Å². The smallest absolute Gasteiger partial charge is 0.133 e. The van der Waals surface area contributed by atoms with E-state index in [0.29, 0.717) is 5.04 Å². The maximum absolute atomic E-state index is 3.99. The largest absolute Gasteiger partial charge is 0.332 e. The van der Waals surface area contributed by atoms with Gasteiger partial charge in [0.15, 0.2) is 0 Å². The van der Waals surface area contributed by atoms with Crippen molar-refractivity contribution in [3.63, 3.8) is 0 Å². The van der Waals surface area contributed by atoms with E-state index in [9.17, 15) is 0 Å². The molecule has 0 bridgehead atoms. The van der Waals surface area contributed by atoms with Crippen LogP contribution in [0, 0.1) is 0 Å². The van der Waals surface area contributed by atoms with Crippen LogP contribution in [-0.4, -0.2) is 13.8 Å². The molecule has 1 nitrogen and oxygen atoms in total. The van der Waals surface area contributed by atoms with E-state index in [-0.39, 0.29) is 27.3 Å². The first-order valence-corrected chi connectivity index (χ1v) is 10.8. The SMILES string of the molecule is CC1=CC(C)([Si](C)(C)NC(C)(C)C)C2=C1CCCC2.[Ti]. The molecule has 0 saturated carbocycles. The Bertz CT molecular complexity index is 442. The first-order valence-electron chi connectivity index (χ1n) is 7.78. The normalized spacial score (nSPS) is 27.1. The Morgan fingerprint density at radius 2 is 1.70 bits per heavy atom. The average Bonchev–Trinajstić information content (AvgIpc) is 2.50. The molecule has 0 amide bonds. The van der Waals surface area contributed by atoms with Gasteiger partial charge in [0, 0.05) is 32.3 Å². The molecule has 2 aliphatic rings. The van der Waals surface area contributed by atoms with Gasteiger partial charge >= 0.3 is 0 Å². The minimum atomic E-state index is -1.56. The van der Waals surface area contributed by atoms with Gasteiger partial charge in [-0.1, -0.05) is 37.2 Å². The van der Waals surface area contributed by atoms with Crippen LogP contribution in [0.2, 0.25) is 18.1 Å². The van der Waals surface area contributed by atoms with Gasteiger partial charge in [0.25, 0.3) is 0 Å². The molecule has 0 aromatic heterocycles. The van der Waals surface area contributed by atoms with Crippen LogP contribution >= 0.6 is 0 Å². The molecule has 2 rings (SSSR count). The predicted molar refractivity (Wildman–Crippen MR) is 88.0 cm³/mol. The zero-order valence-corrected chi connectivity index (χ0v) is 17.0. The molecule has 0 heterocycles. The van der Waals surface area contributed by atoms with Gasteiger partial charge in [0.2, 0.25) is 0 Å². The van der Waals surface area contributed by atoms with Crippen LogP contribution in [0.3, 0.4) is 0 Å². The molecule has 0 aromatic rings. The van der Waals surface area contributed by atoms with Crippen LogP contribution in [0.1, 0.15) is 60.3 Å². The maximum Gasteiger partial charge on any atom is 0.133 e. The van der Waals surface area contributed by atoms with E-state index in [1.807, 2.05) is 0 Å². The minimum absolute atomic E-state index is 0. The van der Waals surface area contributed by atoms with Gasteiger partial charge in [-0.15, -0.1) is 0 Å². The number of allylic oxidation sites excluding steroid dienone is 4. The number of nitrogens with one attached hydrogen (secondary N) is 1. The molecule has 0 fully saturated rings. The van der Waals surface area contributed by atoms with Crippen molar-refractivity contribution in [2.75, 3.05) is 0 Å². The van der Waals surface area contributed by atoms with Crippen molar-refractivity contribution in [2.24, 2.45) is 0 Å². The Balaban J connectivity index is 0.00000200. The maximum atomic E-state index is 3.99. The van der Waals surface area contributed by atoms with Gasteiger partial charge in [0.05, 0.1) is 0 Å². The second-order valence-corrected chi connectivity index (χ2v) is 12.7. The summed E-state index contributed by atoms with van der Waals surface area (Å²) in [7, 11) is -1.56. The van der Waals surface area contributed by atoms with Crippen molar-refractivity contribution >= 4 is 8.24 Å². The molecule has 2 aliphatic carbocycles.